The molecular formula is C42H80O7. The van der Waals surface area contributed by atoms with Crippen molar-refractivity contribution in [2.75, 3.05) is 13.2 Å². The van der Waals surface area contributed by atoms with Gasteiger partial charge in [-0.15, -0.1) is 0 Å². The number of aliphatic hydroxyl groups excluding tert-OH is 3. The van der Waals surface area contributed by atoms with Gasteiger partial charge in [0, 0.05) is 12.8 Å². The third kappa shape index (κ3) is 33.5. The zero-order valence-electron chi connectivity index (χ0n) is 32.4. The minimum atomic E-state index is -0.815. The molecule has 0 aromatic heterocycles. The van der Waals surface area contributed by atoms with Crippen LogP contribution in [0.2, 0.25) is 0 Å². The molecule has 0 amide bonds. The van der Waals surface area contributed by atoms with Gasteiger partial charge in [0.05, 0.1) is 18.8 Å². The summed E-state index contributed by atoms with van der Waals surface area (Å²) in [6.07, 6.45) is 32.9. The van der Waals surface area contributed by atoms with Crippen molar-refractivity contribution in [1.82, 2.24) is 0 Å². The van der Waals surface area contributed by atoms with E-state index in [1.165, 1.54) is 103 Å². The lowest BCUT2D eigenvalue weighted by atomic mass is 9.99. The Morgan fingerprint density at radius 3 is 1.59 bits per heavy atom. The number of esters is 2. The highest BCUT2D eigenvalue weighted by molar-refractivity contribution is 5.70. The molecule has 7 heteroatoms. The Labute approximate surface area is 302 Å². The Balaban J connectivity index is 3.63. The maximum absolute atomic E-state index is 12.2. The minimum absolute atomic E-state index is 0.117. The summed E-state index contributed by atoms with van der Waals surface area (Å²) < 4.78 is 10.6. The van der Waals surface area contributed by atoms with E-state index in [9.17, 15) is 24.9 Å². The molecule has 0 fully saturated rings. The first-order valence-electron chi connectivity index (χ1n) is 20.8. The molecule has 0 aliphatic rings. The van der Waals surface area contributed by atoms with Gasteiger partial charge in [-0.1, -0.05) is 168 Å². The number of hydrogen-bond acceptors (Lipinski definition) is 7. The van der Waals surface area contributed by atoms with Gasteiger partial charge in [0.1, 0.15) is 6.61 Å². The molecule has 7 nitrogen and oxygen atoms in total. The normalized spacial score (nSPS) is 14.2. The Hall–Kier alpha value is -1.44. The van der Waals surface area contributed by atoms with E-state index < -0.39 is 18.3 Å². The summed E-state index contributed by atoms with van der Waals surface area (Å²) >= 11 is 0. The quantitative estimate of drug-likeness (QED) is 0.0336. The molecule has 0 spiro atoms. The van der Waals surface area contributed by atoms with Crippen molar-refractivity contribution in [3.63, 3.8) is 0 Å². The molecule has 0 aromatic carbocycles. The van der Waals surface area contributed by atoms with Gasteiger partial charge in [0.2, 0.25) is 0 Å². The number of unbranched alkanes of at least 4 members (excludes halogenated alkanes) is 20. The van der Waals surface area contributed by atoms with Gasteiger partial charge in [-0.2, -0.15) is 0 Å². The van der Waals surface area contributed by atoms with Gasteiger partial charge in [0.15, 0.2) is 6.10 Å². The van der Waals surface area contributed by atoms with Crippen molar-refractivity contribution in [2.45, 2.75) is 225 Å². The number of carbonyl (C=O) groups excluding carboxylic acids is 2. The first kappa shape index (κ1) is 47.6. The van der Waals surface area contributed by atoms with Crippen LogP contribution in [0.15, 0.2) is 12.2 Å². The largest absolute Gasteiger partial charge is 0.462 e. The highest BCUT2D eigenvalue weighted by Gasteiger charge is 2.16. The van der Waals surface area contributed by atoms with Crippen LogP contribution in [0.25, 0.3) is 0 Å². The van der Waals surface area contributed by atoms with Gasteiger partial charge >= 0.3 is 11.9 Å². The molecule has 3 N–H and O–H groups in total. The van der Waals surface area contributed by atoms with E-state index in [2.05, 4.69) is 26.8 Å². The van der Waals surface area contributed by atoms with Crippen molar-refractivity contribution < 1.29 is 34.4 Å². The molecular weight excluding hydrogens is 616 g/mol. The summed E-state index contributed by atoms with van der Waals surface area (Å²) in [5.74, 6) is 0.199. The third-order valence-electron chi connectivity index (χ3n) is 9.80. The van der Waals surface area contributed by atoms with Crippen LogP contribution >= 0.6 is 0 Å². The van der Waals surface area contributed by atoms with Crippen molar-refractivity contribution in [3.05, 3.63) is 12.2 Å². The summed E-state index contributed by atoms with van der Waals surface area (Å²) in [5.41, 5.74) is 0. The molecule has 0 rings (SSSR count). The molecule has 1 unspecified atom stereocenters. The summed E-state index contributed by atoms with van der Waals surface area (Å²) in [4.78, 5) is 24.3. The van der Waals surface area contributed by atoms with Gasteiger partial charge in [-0.05, 0) is 44.4 Å². The van der Waals surface area contributed by atoms with E-state index >= 15 is 0 Å². The first-order chi connectivity index (χ1) is 23.8. The fourth-order valence-corrected chi connectivity index (χ4v) is 6.08. The topological polar surface area (TPSA) is 113 Å². The number of hydrogen-bond donors (Lipinski definition) is 3. The zero-order chi connectivity index (χ0) is 36.2. The molecule has 290 valence electrons. The molecule has 0 aromatic rings. The highest BCUT2D eigenvalue weighted by Crippen LogP contribution is 2.17. The van der Waals surface area contributed by atoms with Gasteiger partial charge in [-0.25, -0.2) is 0 Å². The number of aliphatic hydroxyl groups is 3. The van der Waals surface area contributed by atoms with Crippen molar-refractivity contribution in [1.29, 1.82) is 0 Å². The average Bonchev–Trinajstić information content (AvgIpc) is 3.10. The average molecular weight is 697 g/mol. The number of ether oxygens (including phenoxy) is 2. The van der Waals surface area contributed by atoms with Crippen LogP contribution in [0.1, 0.15) is 207 Å². The van der Waals surface area contributed by atoms with Crippen LogP contribution in [0.5, 0.6) is 0 Å². The second kappa shape index (κ2) is 36.4. The number of rotatable bonds is 37. The van der Waals surface area contributed by atoms with E-state index in [1.807, 2.05) is 6.08 Å². The molecule has 0 bridgehead atoms. The lowest BCUT2D eigenvalue weighted by Gasteiger charge is -2.16. The monoisotopic (exact) mass is 697 g/mol. The van der Waals surface area contributed by atoms with E-state index in [4.69, 9.17) is 9.47 Å². The van der Waals surface area contributed by atoms with Crippen LogP contribution in [0.3, 0.4) is 0 Å². The van der Waals surface area contributed by atoms with Crippen LogP contribution in [-0.2, 0) is 19.1 Å². The van der Waals surface area contributed by atoms with Crippen LogP contribution in [0, 0.1) is 5.92 Å². The van der Waals surface area contributed by atoms with Gasteiger partial charge in [-0.3, -0.25) is 9.59 Å². The Kier molecular flexibility index (Phi) is 35.3. The second-order valence-electron chi connectivity index (χ2n) is 14.6. The standard InChI is InChI=1S/C42H80O7/c1-4-6-7-8-21-26-31-39(44)40(45)32-27-22-19-24-28-33-41(46)48-36-38(35-43)49-42(47)34-29-23-18-16-14-12-10-9-11-13-15-17-20-25-30-37(3)5-2/h21,26,37-40,43-45H,4-20,22-25,27-36H2,1-3H3/b26-21-/t37?,38-,39+,40+/m0/s1. The van der Waals surface area contributed by atoms with Gasteiger partial charge in [0.25, 0.3) is 0 Å². The molecule has 0 radical (unpaired) electrons. The Morgan fingerprint density at radius 1 is 0.592 bits per heavy atom. The predicted molar refractivity (Wildman–Crippen MR) is 203 cm³/mol. The minimum Gasteiger partial charge on any atom is -0.462 e. The van der Waals surface area contributed by atoms with Crippen LogP contribution in [0.4, 0.5) is 0 Å². The molecule has 49 heavy (non-hydrogen) atoms. The summed E-state index contributed by atoms with van der Waals surface area (Å²) in [5, 5.41) is 29.8. The fraction of sp³-hybridized carbons (Fsp3) is 0.905. The molecule has 0 saturated carbocycles. The van der Waals surface area contributed by atoms with E-state index in [0.717, 1.165) is 57.3 Å². The number of allylic oxidation sites excluding steroid dienone is 1. The van der Waals surface area contributed by atoms with Crippen LogP contribution < -0.4 is 0 Å². The van der Waals surface area contributed by atoms with E-state index in [-0.39, 0.29) is 31.6 Å². The first-order valence-corrected chi connectivity index (χ1v) is 20.8. The van der Waals surface area contributed by atoms with Crippen molar-refractivity contribution >= 4 is 11.9 Å². The summed E-state index contributed by atoms with van der Waals surface area (Å²) in [6, 6.07) is 0. The third-order valence-corrected chi connectivity index (χ3v) is 9.80. The molecule has 0 aliphatic heterocycles. The summed E-state index contributed by atoms with van der Waals surface area (Å²) in [7, 11) is 0. The molecule has 0 heterocycles. The lowest BCUT2D eigenvalue weighted by molar-refractivity contribution is -0.161. The molecule has 0 aliphatic carbocycles. The molecule has 0 saturated heterocycles. The van der Waals surface area contributed by atoms with E-state index in [0.29, 0.717) is 25.7 Å². The van der Waals surface area contributed by atoms with Crippen molar-refractivity contribution in [3.8, 4) is 0 Å². The summed E-state index contributed by atoms with van der Waals surface area (Å²) in [6.45, 7) is 6.34. The smallest absolute Gasteiger partial charge is 0.306 e. The van der Waals surface area contributed by atoms with Crippen molar-refractivity contribution in [2.24, 2.45) is 5.92 Å². The fourth-order valence-electron chi connectivity index (χ4n) is 6.08. The maximum Gasteiger partial charge on any atom is 0.306 e. The molecule has 4 atom stereocenters. The predicted octanol–water partition coefficient (Wildman–Crippen LogP) is 10.7. The van der Waals surface area contributed by atoms with Gasteiger partial charge < -0.3 is 24.8 Å². The lowest BCUT2D eigenvalue weighted by Crippen LogP contribution is -2.28. The Morgan fingerprint density at radius 2 is 1.08 bits per heavy atom. The Bertz CT molecular complexity index is 755. The number of carbonyl (C=O) groups is 2. The maximum atomic E-state index is 12.2. The zero-order valence-corrected chi connectivity index (χ0v) is 32.4. The second-order valence-corrected chi connectivity index (χ2v) is 14.6. The van der Waals surface area contributed by atoms with Crippen LogP contribution in [-0.4, -0.2) is 58.8 Å². The SMILES string of the molecule is CCCCC/C=C\C[C@@H](O)[C@H](O)CCCCCCCC(=O)OC[C@H](CO)OC(=O)CCCCCCCCCCCCCCCCC(C)CC. The highest BCUT2D eigenvalue weighted by atomic mass is 16.6. The van der Waals surface area contributed by atoms with E-state index in [1.54, 1.807) is 0 Å².